The Morgan fingerprint density at radius 1 is 1.38 bits per heavy atom. The molecule has 8 heteroatoms. The van der Waals surface area contributed by atoms with Gasteiger partial charge in [-0.2, -0.15) is 8.42 Å². The van der Waals surface area contributed by atoms with Crippen molar-refractivity contribution in [2.75, 3.05) is 20.7 Å². The summed E-state index contributed by atoms with van der Waals surface area (Å²) in [5.41, 5.74) is 0.783. The second-order valence-electron chi connectivity index (χ2n) is 5.79. The van der Waals surface area contributed by atoms with Gasteiger partial charge >= 0.3 is 10.2 Å². The molecule has 0 fully saturated rings. The zero-order chi connectivity index (χ0) is 17.9. The standard InChI is InChI=1S/C16H21N3O4S/c1-11(2)10-17-16(20)15-9-14(18-24(21,22)19(15)3)12-6-5-7-13(8-12)23-4/h5-9,11H,10H2,1-4H3,(H,17,20). The van der Waals surface area contributed by atoms with Gasteiger partial charge in [0.05, 0.1) is 12.8 Å². The summed E-state index contributed by atoms with van der Waals surface area (Å²) < 4.78 is 34.3. The summed E-state index contributed by atoms with van der Waals surface area (Å²) in [4.78, 5) is 12.3. The van der Waals surface area contributed by atoms with Crippen LogP contribution in [0.4, 0.5) is 0 Å². The molecule has 0 radical (unpaired) electrons. The topological polar surface area (TPSA) is 88.1 Å². The highest BCUT2D eigenvalue weighted by Gasteiger charge is 2.30. The Balaban J connectivity index is 2.42. The molecule has 0 spiro atoms. The second-order valence-corrected chi connectivity index (χ2v) is 7.41. The number of carbonyl (C=O) groups excluding carboxylic acids is 1. The Bertz CT molecular complexity index is 797. The quantitative estimate of drug-likeness (QED) is 0.867. The highest BCUT2D eigenvalue weighted by atomic mass is 32.2. The maximum absolute atomic E-state index is 12.3. The molecule has 1 aromatic rings. The molecule has 1 aromatic carbocycles. The number of carbonyl (C=O) groups is 1. The summed E-state index contributed by atoms with van der Waals surface area (Å²) in [6.45, 7) is 4.37. The van der Waals surface area contributed by atoms with E-state index in [4.69, 9.17) is 4.74 Å². The van der Waals surface area contributed by atoms with Gasteiger partial charge in [0.25, 0.3) is 5.91 Å². The fraction of sp³-hybridized carbons (Fsp3) is 0.375. The van der Waals surface area contributed by atoms with Crippen molar-refractivity contribution in [3.8, 4) is 5.75 Å². The largest absolute Gasteiger partial charge is 0.497 e. The predicted molar refractivity (Wildman–Crippen MR) is 92.1 cm³/mol. The average molecular weight is 351 g/mol. The Hall–Kier alpha value is -2.35. The number of likely N-dealkylation sites (N-methyl/N-ethyl adjacent to an activating group) is 1. The molecular weight excluding hydrogens is 330 g/mol. The van der Waals surface area contributed by atoms with Crippen molar-refractivity contribution in [1.29, 1.82) is 0 Å². The molecule has 0 aromatic heterocycles. The van der Waals surface area contributed by atoms with Crippen LogP contribution in [0.2, 0.25) is 0 Å². The van der Waals surface area contributed by atoms with Crippen LogP contribution in [-0.2, 0) is 15.0 Å². The molecule has 0 bridgehead atoms. The molecule has 0 saturated heterocycles. The number of hydrogen-bond acceptors (Lipinski definition) is 4. The summed E-state index contributed by atoms with van der Waals surface area (Å²) in [6, 6.07) is 6.85. The van der Waals surface area contributed by atoms with E-state index in [0.29, 0.717) is 17.9 Å². The van der Waals surface area contributed by atoms with E-state index in [1.54, 1.807) is 24.3 Å². The minimum Gasteiger partial charge on any atom is -0.497 e. The van der Waals surface area contributed by atoms with Crippen molar-refractivity contribution < 1.29 is 17.9 Å². The molecule has 0 saturated carbocycles. The lowest BCUT2D eigenvalue weighted by Gasteiger charge is -2.24. The minimum atomic E-state index is -3.96. The van der Waals surface area contributed by atoms with Crippen LogP contribution < -0.4 is 10.1 Å². The summed E-state index contributed by atoms with van der Waals surface area (Å²) in [7, 11) is -1.13. The van der Waals surface area contributed by atoms with Crippen molar-refractivity contribution in [2.24, 2.45) is 10.3 Å². The molecular formula is C16H21N3O4S. The van der Waals surface area contributed by atoms with Crippen LogP contribution in [0.25, 0.3) is 0 Å². The van der Waals surface area contributed by atoms with E-state index in [9.17, 15) is 13.2 Å². The monoisotopic (exact) mass is 351 g/mol. The van der Waals surface area contributed by atoms with Crippen LogP contribution in [-0.4, -0.2) is 45.0 Å². The van der Waals surface area contributed by atoms with Crippen molar-refractivity contribution >= 4 is 21.8 Å². The number of nitrogens with zero attached hydrogens (tertiary/aromatic N) is 2. The minimum absolute atomic E-state index is 0.0310. The fourth-order valence-corrected chi connectivity index (χ4v) is 2.98. The van der Waals surface area contributed by atoms with Crippen LogP contribution >= 0.6 is 0 Å². The fourth-order valence-electron chi connectivity index (χ4n) is 2.07. The molecule has 0 unspecified atom stereocenters. The number of benzene rings is 1. The van der Waals surface area contributed by atoms with Crippen LogP contribution in [0, 0.1) is 5.92 Å². The smallest absolute Gasteiger partial charge is 0.345 e. The molecule has 1 amide bonds. The lowest BCUT2D eigenvalue weighted by Crippen LogP contribution is -2.39. The lowest BCUT2D eigenvalue weighted by molar-refractivity contribution is -0.118. The highest BCUT2D eigenvalue weighted by Crippen LogP contribution is 2.21. The Kier molecular flexibility index (Phi) is 5.28. The van der Waals surface area contributed by atoms with Crippen molar-refractivity contribution in [3.63, 3.8) is 0 Å². The van der Waals surface area contributed by atoms with Gasteiger partial charge in [0, 0.05) is 19.2 Å². The van der Waals surface area contributed by atoms with Gasteiger partial charge in [-0.3, -0.25) is 4.79 Å². The molecule has 0 aliphatic carbocycles. The van der Waals surface area contributed by atoms with E-state index in [1.807, 2.05) is 13.8 Å². The van der Waals surface area contributed by atoms with E-state index in [-0.39, 0.29) is 17.3 Å². The average Bonchev–Trinajstić information content (AvgIpc) is 2.54. The van der Waals surface area contributed by atoms with Gasteiger partial charge in [-0.15, -0.1) is 4.40 Å². The number of hydrogen-bond donors (Lipinski definition) is 1. The third-order valence-electron chi connectivity index (χ3n) is 3.44. The first-order chi connectivity index (χ1) is 11.2. The summed E-state index contributed by atoms with van der Waals surface area (Å²) in [5.74, 6) is 0.377. The van der Waals surface area contributed by atoms with E-state index in [2.05, 4.69) is 9.71 Å². The van der Waals surface area contributed by atoms with E-state index in [0.717, 1.165) is 4.31 Å². The van der Waals surface area contributed by atoms with E-state index >= 15 is 0 Å². The summed E-state index contributed by atoms with van der Waals surface area (Å²) in [5, 5.41) is 2.72. The van der Waals surface area contributed by atoms with Gasteiger partial charge < -0.3 is 10.1 Å². The number of rotatable bonds is 5. The molecule has 24 heavy (non-hydrogen) atoms. The molecule has 1 heterocycles. The van der Waals surface area contributed by atoms with Crippen molar-refractivity contribution in [2.45, 2.75) is 13.8 Å². The molecule has 7 nitrogen and oxygen atoms in total. The third-order valence-corrected chi connectivity index (χ3v) is 4.76. The van der Waals surface area contributed by atoms with Crippen LogP contribution in [0.5, 0.6) is 5.75 Å². The van der Waals surface area contributed by atoms with Crippen LogP contribution in [0.15, 0.2) is 40.4 Å². The first-order valence-electron chi connectivity index (χ1n) is 7.47. The SMILES string of the molecule is COc1cccc(C2=NS(=O)(=O)N(C)C(C(=O)NCC(C)C)=C2)c1. The number of ether oxygens (including phenoxy) is 1. The van der Waals surface area contributed by atoms with Gasteiger partial charge in [0.2, 0.25) is 0 Å². The normalized spacial score (nSPS) is 16.5. The zero-order valence-electron chi connectivity index (χ0n) is 14.1. The number of amides is 1. The van der Waals surface area contributed by atoms with Crippen LogP contribution in [0.3, 0.4) is 0 Å². The lowest BCUT2D eigenvalue weighted by atomic mass is 10.1. The van der Waals surface area contributed by atoms with E-state index in [1.165, 1.54) is 20.2 Å². The first-order valence-corrected chi connectivity index (χ1v) is 8.87. The molecule has 1 aliphatic rings. The molecule has 1 N–H and O–H groups in total. The van der Waals surface area contributed by atoms with Gasteiger partial charge in [0.15, 0.2) is 0 Å². The van der Waals surface area contributed by atoms with Crippen molar-refractivity contribution in [3.05, 3.63) is 41.6 Å². The van der Waals surface area contributed by atoms with Crippen LogP contribution in [0.1, 0.15) is 19.4 Å². The maximum Gasteiger partial charge on any atom is 0.345 e. The Morgan fingerprint density at radius 3 is 2.71 bits per heavy atom. The van der Waals surface area contributed by atoms with Gasteiger partial charge in [-0.05, 0) is 24.1 Å². The maximum atomic E-state index is 12.3. The Morgan fingerprint density at radius 2 is 2.08 bits per heavy atom. The first kappa shape index (κ1) is 18.0. The number of nitrogens with one attached hydrogen (secondary N) is 1. The predicted octanol–water partition coefficient (Wildman–Crippen LogP) is 1.33. The van der Waals surface area contributed by atoms with Gasteiger partial charge in [-0.25, -0.2) is 4.31 Å². The second kappa shape index (κ2) is 7.04. The summed E-state index contributed by atoms with van der Waals surface area (Å²) >= 11 is 0. The zero-order valence-corrected chi connectivity index (χ0v) is 14.9. The van der Waals surface area contributed by atoms with Gasteiger partial charge in [-0.1, -0.05) is 26.0 Å². The molecule has 130 valence electrons. The van der Waals surface area contributed by atoms with Gasteiger partial charge in [0.1, 0.15) is 11.4 Å². The highest BCUT2D eigenvalue weighted by molar-refractivity contribution is 7.88. The van der Waals surface area contributed by atoms with E-state index < -0.39 is 16.1 Å². The van der Waals surface area contributed by atoms with Crippen molar-refractivity contribution in [1.82, 2.24) is 9.62 Å². The molecule has 0 atom stereocenters. The third kappa shape index (κ3) is 3.94. The molecule has 2 rings (SSSR count). The Labute approximate surface area is 142 Å². The molecule has 1 aliphatic heterocycles. The number of methoxy groups -OCH3 is 1. The number of allylic oxidation sites excluding steroid dienone is 1. The summed E-state index contributed by atoms with van der Waals surface area (Å²) in [6.07, 6.45) is 1.46.